The Hall–Kier alpha value is -4.87. The standard InChI is InChI=1S/C28H20ClN7O/c1-16(22-11-5-10-20(15-30)34-22)33-28(37)26-27(31)36-24(17-7-3-2-4-8-17)25(35-26)19-13-18-9-6-12-32-23(18)21(29)14-19/h2-14,16H,1H3,(H2,31,36)(H,33,37). The molecule has 180 valence electrons. The zero-order valence-corrected chi connectivity index (χ0v) is 20.4. The van der Waals surface area contributed by atoms with Gasteiger partial charge >= 0.3 is 0 Å². The quantitative estimate of drug-likeness (QED) is 0.329. The van der Waals surface area contributed by atoms with Crippen LogP contribution in [-0.2, 0) is 0 Å². The van der Waals surface area contributed by atoms with Gasteiger partial charge in [-0.15, -0.1) is 0 Å². The predicted octanol–water partition coefficient (Wildman–Crippen LogP) is 5.35. The highest BCUT2D eigenvalue weighted by Crippen LogP contribution is 2.35. The van der Waals surface area contributed by atoms with Crippen molar-refractivity contribution in [2.24, 2.45) is 0 Å². The second-order valence-electron chi connectivity index (χ2n) is 8.31. The number of pyridine rings is 2. The zero-order chi connectivity index (χ0) is 25.9. The highest BCUT2D eigenvalue weighted by atomic mass is 35.5. The van der Waals surface area contributed by atoms with Crippen molar-refractivity contribution in [1.29, 1.82) is 5.26 Å². The summed E-state index contributed by atoms with van der Waals surface area (Å²) in [5.74, 6) is -0.532. The number of halogens is 1. The highest BCUT2D eigenvalue weighted by molar-refractivity contribution is 6.35. The predicted molar refractivity (Wildman–Crippen MR) is 142 cm³/mol. The Morgan fingerprint density at radius 3 is 2.54 bits per heavy atom. The second-order valence-corrected chi connectivity index (χ2v) is 8.72. The molecule has 9 heteroatoms. The van der Waals surface area contributed by atoms with Crippen LogP contribution in [0.3, 0.4) is 0 Å². The molecule has 0 aliphatic heterocycles. The Morgan fingerprint density at radius 1 is 0.973 bits per heavy atom. The zero-order valence-electron chi connectivity index (χ0n) is 19.7. The van der Waals surface area contributed by atoms with E-state index >= 15 is 0 Å². The van der Waals surface area contributed by atoms with Crippen molar-refractivity contribution in [2.75, 3.05) is 5.73 Å². The van der Waals surface area contributed by atoms with Crippen LogP contribution in [0.25, 0.3) is 33.4 Å². The van der Waals surface area contributed by atoms with E-state index in [1.165, 1.54) is 0 Å². The minimum Gasteiger partial charge on any atom is -0.382 e. The fourth-order valence-electron chi connectivity index (χ4n) is 3.99. The molecule has 37 heavy (non-hydrogen) atoms. The lowest BCUT2D eigenvalue weighted by molar-refractivity contribution is 0.0935. The molecule has 1 amide bonds. The first-order chi connectivity index (χ1) is 17.9. The summed E-state index contributed by atoms with van der Waals surface area (Å²) in [6.45, 7) is 1.76. The Balaban J connectivity index is 1.61. The molecule has 0 aliphatic rings. The van der Waals surface area contributed by atoms with E-state index in [0.29, 0.717) is 33.2 Å². The number of nitrogen functional groups attached to an aromatic ring is 1. The summed E-state index contributed by atoms with van der Waals surface area (Å²) in [6, 6.07) is 23.4. The molecule has 1 atom stereocenters. The number of carbonyl (C=O) groups is 1. The molecule has 3 aromatic heterocycles. The van der Waals surface area contributed by atoms with Crippen molar-refractivity contribution in [1.82, 2.24) is 25.3 Å². The molecule has 0 saturated heterocycles. The molecular weight excluding hydrogens is 486 g/mol. The number of carbonyl (C=O) groups excluding carboxylic acids is 1. The van der Waals surface area contributed by atoms with Crippen LogP contribution >= 0.6 is 11.6 Å². The van der Waals surface area contributed by atoms with Gasteiger partial charge in [-0.25, -0.2) is 15.0 Å². The Morgan fingerprint density at radius 2 is 1.76 bits per heavy atom. The molecule has 3 heterocycles. The van der Waals surface area contributed by atoms with Gasteiger partial charge < -0.3 is 11.1 Å². The van der Waals surface area contributed by atoms with Crippen molar-refractivity contribution in [3.05, 3.63) is 101 Å². The fraction of sp³-hybridized carbons (Fsp3) is 0.0714. The van der Waals surface area contributed by atoms with E-state index < -0.39 is 11.9 Å². The Kier molecular flexibility index (Phi) is 6.45. The van der Waals surface area contributed by atoms with Crippen LogP contribution < -0.4 is 11.1 Å². The molecule has 0 aliphatic carbocycles. The van der Waals surface area contributed by atoms with Crippen molar-refractivity contribution in [2.45, 2.75) is 13.0 Å². The maximum absolute atomic E-state index is 13.3. The number of nitrogens with zero attached hydrogens (tertiary/aromatic N) is 5. The molecule has 0 saturated carbocycles. The van der Waals surface area contributed by atoms with Crippen LogP contribution in [0.2, 0.25) is 5.02 Å². The first-order valence-electron chi connectivity index (χ1n) is 11.4. The van der Waals surface area contributed by atoms with Gasteiger partial charge in [-0.05, 0) is 37.3 Å². The van der Waals surface area contributed by atoms with E-state index in [-0.39, 0.29) is 17.2 Å². The summed E-state index contributed by atoms with van der Waals surface area (Å²) in [6.07, 6.45) is 1.68. The van der Waals surface area contributed by atoms with Gasteiger partial charge in [0.15, 0.2) is 11.5 Å². The molecule has 5 aromatic rings. The van der Waals surface area contributed by atoms with E-state index in [0.717, 1.165) is 10.9 Å². The lowest BCUT2D eigenvalue weighted by atomic mass is 10.0. The number of nitrogens with two attached hydrogens (primary N) is 1. The highest BCUT2D eigenvalue weighted by Gasteiger charge is 2.22. The van der Waals surface area contributed by atoms with Crippen molar-refractivity contribution < 1.29 is 4.79 Å². The third kappa shape index (κ3) is 4.81. The summed E-state index contributed by atoms with van der Waals surface area (Å²) in [5.41, 5.74) is 10.1. The molecule has 0 spiro atoms. The Labute approximate surface area is 217 Å². The number of hydrogen-bond acceptors (Lipinski definition) is 7. The maximum Gasteiger partial charge on any atom is 0.274 e. The molecule has 2 aromatic carbocycles. The molecule has 3 N–H and O–H groups in total. The van der Waals surface area contributed by atoms with Crippen LogP contribution in [0.4, 0.5) is 5.82 Å². The lowest BCUT2D eigenvalue weighted by Crippen LogP contribution is -2.29. The maximum atomic E-state index is 13.3. The SMILES string of the molecule is CC(NC(=O)c1nc(-c2cc(Cl)c3ncccc3c2)c(-c2ccccc2)nc1N)c1cccc(C#N)n1. The Bertz CT molecular complexity index is 1680. The van der Waals surface area contributed by atoms with Gasteiger partial charge in [0, 0.05) is 22.7 Å². The normalized spacial score (nSPS) is 11.6. The summed E-state index contributed by atoms with van der Waals surface area (Å²) in [7, 11) is 0. The molecule has 1 unspecified atom stereocenters. The van der Waals surface area contributed by atoms with Crippen molar-refractivity contribution in [3.8, 4) is 28.6 Å². The number of rotatable bonds is 5. The topological polar surface area (TPSA) is 130 Å². The number of nitriles is 1. The fourth-order valence-corrected chi connectivity index (χ4v) is 4.27. The summed E-state index contributed by atoms with van der Waals surface area (Å²) in [4.78, 5) is 31.2. The van der Waals surface area contributed by atoms with Gasteiger partial charge in [0.1, 0.15) is 11.8 Å². The minimum atomic E-state index is -0.518. The second kappa shape index (κ2) is 10.0. The van der Waals surface area contributed by atoms with Gasteiger partial charge in [-0.3, -0.25) is 9.78 Å². The van der Waals surface area contributed by atoms with E-state index in [9.17, 15) is 4.79 Å². The molecule has 0 radical (unpaired) electrons. The van der Waals surface area contributed by atoms with Gasteiger partial charge in [0.25, 0.3) is 5.91 Å². The summed E-state index contributed by atoms with van der Waals surface area (Å²) in [5, 5.41) is 13.3. The van der Waals surface area contributed by atoms with Gasteiger partial charge in [0.2, 0.25) is 0 Å². The van der Waals surface area contributed by atoms with Gasteiger partial charge in [-0.2, -0.15) is 5.26 Å². The van der Waals surface area contributed by atoms with E-state index in [1.54, 1.807) is 37.4 Å². The third-order valence-corrected chi connectivity index (χ3v) is 6.08. The average molecular weight is 506 g/mol. The van der Waals surface area contributed by atoms with E-state index in [4.69, 9.17) is 27.6 Å². The first-order valence-corrected chi connectivity index (χ1v) is 11.8. The number of anilines is 1. The van der Waals surface area contributed by atoms with E-state index in [2.05, 4.69) is 20.3 Å². The van der Waals surface area contributed by atoms with Crippen LogP contribution in [0.15, 0.2) is 79.0 Å². The number of benzene rings is 2. The summed E-state index contributed by atoms with van der Waals surface area (Å²) < 4.78 is 0. The number of hydrogen-bond donors (Lipinski definition) is 2. The van der Waals surface area contributed by atoms with Crippen LogP contribution in [0, 0.1) is 11.3 Å². The monoisotopic (exact) mass is 505 g/mol. The number of nitrogens with one attached hydrogen (secondary N) is 1. The average Bonchev–Trinajstić information content (AvgIpc) is 2.93. The molecule has 0 fully saturated rings. The van der Waals surface area contributed by atoms with Crippen LogP contribution in [-0.4, -0.2) is 25.8 Å². The van der Waals surface area contributed by atoms with Crippen molar-refractivity contribution >= 4 is 34.2 Å². The minimum absolute atomic E-state index is 0.0143. The largest absolute Gasteiger partial charge is 0.382 e. The molecular formula is C28H20ClN7O. The summed E-state index contributed by atoms with van der Waals surface area (Å²) >= 11 is 6.56. The number of amides is 1. The lowest BCUT2D eigenvalue weighted by Gasteiger charge is -2.16. The number of fused-ring (bicyclic) bond motifs is 1. The van der Waals surface area contributed by atoms with E-state index in [1.807, 2.05) is 54.6 Å². The van der Waals surface area contributed by atoms with Gasteiger partial charge in [-0.1, -0.05) is 54.1 Å². The third-order valence-electron chi connectivity index (χ3n) is 5.79. The van der Waals surface area contributed by atoms with Crippen LogP contribution in [0.5, 0.6) is 0 Å². The molecule has 8 nitrogen and oxygen atoms in total. The van der Waals surface area contributed by atoms with Gasteiger partial charge in [0.05, 0.1) is 33.7 Å². The van der Waals surface area contributed by atoms with Crippen LogP contribution in [0.1, 0.15) is 34.8 Å². The molecule has 0 bridgehead atoms. The smallest absolute Gasteiger partial charge is 0.274 e. The number of aromatic nitrogens is 4. The first kappa shape index (κ1) is 23.9. The van der Waals surface area contributed by atoms with Crippen molar-refractivity contribution in [3.63, 3.8) is 0 Å². The molecule has 5 rings (SSSR count).